The van der Waals surface area contributed by atoms with E-state index in [4.69, 9.17) is 5.11 Å². The molecule has 0 radical (unpaired) electrons. The summed E-state index contributed by atoms with van der Waals surface area (Å²) >= 11 is 0. The minimum atomic E-state index is 0.103. The molecule has 0 fully saturated rings. The fraction of sp³-hybridized carbons (Fsp3) is 0.300. The third kappa shape index (κ3) is 2.60. The highest BCUT2D eigenvalue weighted by atomic mass is 16.3. The summed E-state index contributed by atoms with van der Waals surface area (Å²) in [5.41, 5.74) is 1.89. The van der Waals surface area contributed by atoms with E-state index < -0.39 is 0 Å². The molecule has 2 aromatic rings. The van der Waals surface area contributed by atoms with Crippen LogP contribution in [0, 0.1) is 0 Å². The van der Waals surface area contributed by atoms with E-state index in [1.807, 2.05) is 18.3 Å². The monoisotopic (exact) mass is 204 g/mol. The van der Waals surface area contributed by atoms with Gasteiger partial charge in [-0.1, -0.05) is 11.3 Å². The molecule has 2 rings (SSSR count). The van der Waals surface area contributed by atoms with Gasteiger partial charge in [-0.25, -0.2) is 4.68 Å². The predicted molar refractivity (Wildman–Crippen MR) is 54.2 cm³/mol. The van der Waals surface area contributed by atoms with Crippen molar-refractivity contribution >= 4 is 0 Å². The van der Waals surface area contributed by atoms with Crippen LogP contribution < -0.4 is 0 Å². The molecule has 0 atom stereocenters. The molecule has 0 aromatic carbocycles. The maximum absolute atomic E-state index is 8.73. The molecule has 2 heterocycles. The van der Waals surface area contributed by atoms with E-state index in [0.29, 0.717) is 13.0 Å². The van der Waals surface area contributed by atoms with E-state index in [9.17, 15) is 0 Å². The highest BCUT2D eigenvalue weighted by molar-refractivity contribution is 5.09. The maximum atomic E-state index is 8.73. The first-order chi connectivity index (χ1) is 7.38. The normalized spacial score (nSPS) is 10.5. The molecule has 5 heteroatoms. The van der Waals surface area contributed by atoms with E-state index in [1.165, 1.54) is 0 Å². The van der Waals surface area contributed by atoms with Crippen LogP contribution in [-0.4, -0.2) is 31.7 Å². The van der Waals surface area contributed by atoms with Gasteiger partial charge in [-0.05, 0) is 11.6 Å². The van der Waals surface area contributed by atoms with Crippen molar-refractivity contribution < 1.29 is 5.11 Å². The summed E-state index contributed by atoms with van der Waals surface area (Å²) in [7, 11) is 0. The number of rotatable bonds is 4. The van der Waals surface area contributed by atoms with Gasteiger partial charge in [0.25, 0.3) is 0 Å². The number of hydrogen-bond acceptors (Lipinski definition) is 4. The van der Waals surface area contributed by atoms with Gasteiger partial charge in [0.1, 0.15) is 0 Å². The van der Waals surface area contributed by atoms with Crippen molar-refractivity contribution in [1.29, 1.82) is 0 Å². The average molecular weight is 204 g/mol. The van der Waals surface area contributed by atoms with Crippen molar-refractivity contribution in [1.82, 2.24) is 20.0 Å². The molecule has 15 heavy (non-hydrogen) atoms. The third-order valence-corrected chi connectivity index (χ3v) is 2.02. The number of nitrogens with zero attached hydrogens (tertiary/aromatic N) is 4. The van der Waals surface area contributed by atoms with Crippen LogP contribution in [0.5, 0.6) is 0 Å². The summed E-state index contributed by atoms with van der Waals surface area (Å²) < 4.78 is 1.74. The summed E-state index contributed by atoms with van der Waals surface area (Å²) in [6.45, 7) is 0.762. The Morgan fingerprint density at radius 2 is 2.33 bits per heavy atom. The van der Waals surface area contributed by atoms with Crippen molar-refractivity contribution in [3.8, 4) is 0 Å². The first kappa shape index (κ1) is 9.79. The second-order valence-electron chi connectivity index (χ2n) is 3.24. The van der Waals surface area contributed by atoms with Gasteiger partial charge in [-0.3, -0.25) is 4.98 Å². The molecule has 2 aromatic heterocycles. The Morgan fingerprint density at radius 1 is 1.40 bits per heavy atom. The summed E-state index contributed by atoms with van der Waals surface area (Å²) in [5.74, 6) is 0. The fourth-order valence-corrected chi connectivity index (χ4v) is 1.32. The number of aromatic nitrogens is 4. The van der Waals surface area contributed by atoms with Gasteiger partial charge in [-0.2, -0.15) is 0 Å². The Morgan fingerprint density at radius 3 is 3.07 bits per heavy atom. The van der Waals surface area contributed by atoms with E-state index in [-0.39, 0.29) is 6.61 Å². The van der Waals surface area contributed by atoms with Crippen LogP contribution in [0.25, 0.3) is 0 Å². The molecule has 1 N–H and O–H groups in total. The Labute approximate surface area is 87.4 Å². The minimum Gasteiger partial charge on any atom is -0.396 e. The Hall–Kier alpha value is -1.75. The van der Waals surface area contributed by atoms with Crippen LogP contribution in [0.15, 0.2) is 30.7 Å². The van der Waals surface area contributed by atoms with Gasteiger partial charge in [0.05, 0.1) is 12.2 Å². The van der Waals surface area contributed by atoms with Gasteiger partial charge in [0, 0.05) is 31.6 Å². The first-order valence-electron chi connectivity index (χ1n) is 4.77. The Kier molecular flexibility index (Phi) is 3.04. The van der Waals surface area contributed by atoms with E-state index >= 15 is 0 Å². The number of aliphatic hydroxyl groups excluding tert-OH is 1. The molecule has 0 aliphatic rings. The average Bonchev–Trinajstić information content (AvgIpc) is 2.68. The van der Waals surface area contributed by atoms with Crippen molar-refractivity contribution in [2.24, 2.45) is 0 Å². The fourth-order valence-electron chi connectivity index (χ4n) is 1.32. The van der Waals surface area contributed by atoms with Crippen LogP contribution in [0.4, 0.5) is 0 Å². The molecule has 5 nitrogen and oxygen atoms in total. The summed E-state index contributed by atoms with van der Waals surface area (Å²) in [6.07, 6.45) is 5.92. The zero-order valence-corrected chi connectivity index (χ0v) is 8.24. The Bertz CT molecular complexity index is 412. The van der Waals surface area contributed by atoms with Gasteiger partial charge < -0.3 is 5.11 Å². The summed E-state index contributed by atoms with van der Waals surface area (Å²) in [6, 6.07) is 3.88. The molecule has 0 unspecified atom stereocenters. The maximum Gasteiger partial charge on any atom is 0.0850 e. The van der Waals surface area contributed by atoms with Gasteiger partial charge in [-0.15, -0.1) is 5.10 Å². The van der Waals surface area contributed by atoms with Crippen molar-refractivity contribution in [2.45, 2.75) is 13.0 Å². The van der Waals surface area contributed by atoms with Crippen molar-refractivity contribution in [2.75, 3.05) is 6.61 Å². The van der Waals surface area contributed by atoms with Crippen molar-refractivity contribution in [3.63, 3.8) is 0 Å². The SMILES string of the molecule is OCCc1cn(Cc2cccnc2)nn1. The van der Waals surface area contributed by atoms with E-state index in [2.05, 4.69) is 15.3 Å². The molecule has 0 spiro atoms. The van der Waals surface area contributed by atoms with Crippen molar-refractivity contribution in [3.05, 3.63) is 42.0 Å². The molecule has 0 aliphatic carbocycles. The van der Waals surface area contributed by atoms with Gasteiger partial charge >= 0.3 is 0 Å². The number of aliphatic hydroxyl groups is 1. The largest absolute Gasteiger partial charge is 0.396 e. The van der Waals surface area contributed by atoms with Crippen LogP contribution in [-0.2, 0) is 13.0 Å². The topological polar surface area (TPSA) is 63.8 Å². The molecular formula is C10H12N4O. The molecule has 0 saturated heterocycles. The van der Waals surface area contributed by atoms with Gasteiger partial charge in [0.15, 0.2) is 0 Å². The second-order valence-corrected chi connectivity index (χ2v) is 3.24. The first-order valence-corrected chi connectivity index (χ1v) is 4.77. The lowest BCUT2D eigenvalue weighted by molar-refractivity contribution is 0.298. The Balaban J connectivity index is 2.05. The second kappa shape index (κ2) is 4.65. The zero-order chi connectivity index (χ0) is 10.5. The van der Waals surface area contributed by atoms with Crippen LogP contribution in [0.1, 0.15) is 11.3 Å². The number of hydrogen-bond donors (Lipinski definition) is 1. The zero-order valence-electron chi connectivity index (χ0n) is 8.24. The molecule has 0 bridgehead atoms. The molecule has 78 valence electrons. The third-order valence-electron chi connectivity index (χ3n) is 2.02. The lowest BCUT2D eigenvalue weighted by Crippen LogP contribution is -2.00. The van der Waals surface area contributed by atoms with E-state index in [0.717, 1.165) is 11.3 Å². The van der Waals surface area contributed by atoms with Crippen LogP contribution >= 0.6 is 0 Å². The quantitative estimate of drug-likeness (QED) is 0.775. The molecule has 0 saturated carbocycles. The molecule has 0 aliphatic heterocycles. The highest BCUT2D eigenvalue weighted by Gasteiger charge is 2.00. The predicted octanol–water partition coefficient (Wildman–Crippen LogP) is 0.256. The number of pyridine rings is 1. The lowest BCUT2D eigenvalue weighted by atomic mass is 10.3. The minimum absolute atomic E-state index is 0.103. The standard InChI is InChI=1S/C10H12N4O/c15-5-3-10-8-14(13-12-10)7-9-2-1-4-11-6-9/h1-2,4,6,8,15H,3,5,7H2. The van der Waals surface area contributed by atoms with Gasteiger partial charge in [0.2, 0.25) is 0 Å². The van der Waals surface area contributed by atoms with Crippen LogP contribution in [0.3, 0.4) is 0 Å². The van der Waals surface area contributed by atoms with E-state index in [1.54, 1.807) is 17.1 Å². The summed E-state index contributed by atoms with van der Waals surface area (Å²) in [4.78, 5) is 4.02. The molecule has 0 amide bonds. The summed E-state index contributed by atoms with van der Waals surface area (Å²) in [5, 5.41) is 16.6. The highest BCUT2D eigenvalue weighted by Crippen LogP contribution is 2.00. The van der Waals surface area contributed by atoms with Crippen LogP contribution in [0.2, 0.25) is 0 Å². The smallest absolute Gasteiger partial charge is 0.0850 e. The lowest BCUT2D eigenvalue weighted by Gasteiger charge is -1.98. The molecular weight excluding hydrogens is 192 g/mol.